The largest absolute Gasteiger partial charge is 0.393 e. The molecule has 0 saturated heterocycles. The molecule has 0 aromatic rings. The summed E-state index contributed by atoms with van der Waals surface area (Å²) in [4.78, 5) is 0. The molecule has 2 rings (SSSR count). The third kappa shape index (κ3) is 1.82. The van der Waals surface area contributed by atoms with Crippen LogP contribution in [-0.2, 0) is 0 Å². The summed E-state index contributed by atoms with van der Waals surface area (Å²) >= 11 is 0. The summed E-state index contributed by atoms with van der Waals surface area (Å²) in [5.74, 6) is 1.68. The minimum atomic E-state index is 0.0464. The van der Waals surface area contributed by atoms with Crippen molar-refractivity contribution in [2.45, 2.75) is 57.5 Å². The summed E-state index contributed by atoms with van der Waals surface area (Å²) in [6.45, 7) is 0. The third-order valence-corrected chi connectivity index (χ3v) is 3.79. The van der Waals surface area contributed by atoms with E-state index in [2.05, 4.69) is 0 Å². The Morgan fingerprint density at radius 2 is 1.67 bits per heavy atom. The lowest BCUT2D eigenvalue weighted by atomic mass is 9.80. The Hall–Kier alpha value is -0.0400. The van der Waals surface area contributed by atoms with Crippen LogP contribution < -0.4 is 0 Å². The molecular formula is C11H20O. The first-order valence-corrected chi connectivity index (χ1v) is 5.54. The fourth-order valence-electron chi connectivity index (χ4n) is 2.59. The second-order valence-corrected chi connectivity index (χ2v) is 4.63. The van der Waals surface area contributed by atoms with E-state index in [1.54, 1.807) is 0 Å². The van der Waals surface area contributed by atoms with E-state index in [1.807, 2.05) is 0 Å². The van der Waals surface area contributed by atoms with Crippen molar-refractivity contribution in [2.75, 3.05) is 0 Å². The smallest absolute Gasteiger partial charge is 0.0568 e. The maximum absolute atomic E-state index is 9.59. The summed E-state index contributed by atoms with van der Waals surface area (Å²) < 4.78 is 0. The van der Waals surface area contributed by atoms with Crippen molar-refractivity contribution in [3.8, 4) is 0 Å². The first-order valence-electron chi connectivity index (χ1n) is 5.54. The van der Waals surface area contributed by atoms with Gasteiger partial charge in [-0.05, 0) is 31.1 Å². The van der Waals surface area contributed by atoms with Crippen LogP contribution in [0.3, 0.4) is 0 Å². The van der Waals surface area contributed by atoms with Gasteiger partial charge in [0.2, 0.25) is 0 Å². The van der Waals surface area contributed by atoms with Gasteiger partial charge in [-0.2, -0.15) is 0 Å². The highest BCUT2D eigenvalue weighted by atomic mass is 16.3. The molecule has 0 heterocycles. The highest BCUT2D eigenvalue weighted by Gasteiger charge is 2.26. The van der Waals surface area contributed by atoms with Crippen molar-refractivity contribution in [1.29, 1.82) is 0 Å². The van der Waals surface area contributed by atoms with Crippen molar-refractivity contribution >= 4 is 0 Å². The third-order valence-electron chi connectivity index (χ3n) is 3.79. The molecule has 2 aliphatic rings. The summed E-state index contributed by atoms with van der Waals surface area (Å²) in [5.41, 5.74) is 0. The molecule has 2 atom stereocenters. The Labute approximate surface area is 75.2 Å². The lowest BCUT2D eigenvalue weighted by Crippen LogP contribution is -2.17. The summed E-state index contributed by atoms with van der Waals surface area (Å²) in [5, 5.41) is 9.59. The van der Waals surface area contributed by atoms with Crippen molar-refractivity contribution in [1.82, 2.24) is 0 Å². The molecular weight excluding hydrogens is 148 g/mol. The molecule has 2 fully saturated rings. The zero-order valence-corrected chi connectivity index (χ0v) is 7.84. The molecule has 2 saturated carbocycles. The molecule has 0 radical (unpaired) electrons. The normalized spacial score (nSPS) is 36.8. The van der Waals surface area contributed by atoms with Gasteiger partial charge in [-0.3, -0.25) is 0 Å². The van der Waals surface area contributed by atoms with Crippen LogP contribution in [0.1, 0.15) is 51.4 Å². The van der Waals surface area contributed by atoms with Gasteiger partial charge >= 0.3 is 0 Å². The van der Waals surface area contributed by atoms with Gasteiger partial charge in [0.15, 0.2) is 0 Å². The number of hydrogen-bond donors (Lipinski definition) is 1. The summed E-state index contributed by atoms with van der Waals surface area (Å²) in [6, 6.07) is 0. The van der Waals surface area contributed by atoms with E-state index in [-0.39, 0.29) is 6.10 Å². The number of rotatable bonds is 3. The fourth-order valence-corrected chi connectivity index (χ4v) is 2.59. The van der Waals surface area contributed by atoms with Crippen LogP contribution >= 0.6 is 0 Å². The van der Waals surface area contributed by atoms with E-state index in [0.717, 1.165) is 12.3 Å². The molecule has 0 bridgehead atoms. The Bertz CT molecular complexity index is 140. The highest BCUT2D eigenvalue weighted by Crippen LogP contribution is 2.35. The van der Waals surface area contributed by atoms with Crippen molar-refractivity contribution in [3.05, 3.63) is 0 Å². The molecule has 2 aliphatic carbocycles. The fraction of sp³-hybridized carbons (Fsp3) is 1.00. The van der Waals surface area contributed by atoms with Gasteiger partial charge in [-0.1, -0.05) is 32.1 Å². The molecule has 0 aromatic carbocycles. The molecule has 1 heteroatoms. The number of aliphatic hydroxyl groups excluding tert-OH is 1. The van der Waals surface area contributed by atoms with Crippen molar-refractivity contribution < 1.29 is 5.11 Å². The van der Waals surface area contributed by atoms with Crippen LogP contribution in [0, 0.1) is 11.8 Å². The maximum Gasteiger partial charge on any atom is 0.0568 e. The van der Waals surface area contributed by atoms with Gasteiger partial charge in [-0.25, -0.2) is 0 Å². The zero-order chi connectivity index (χ0) is 8.39. The molecule has 1 nitrogen and oxygen atoms in total. The predicted molar refractivity (Wildman–Crippen MR) is 49.9 cm³/mol. The lowest BCUT2D eigenvalue weighted by Gasteiger charge is -2.27. The van der Waals surface area contributed by atoms with Crippen molar-refractivity contribution in [3.63, 3.8) is 0 Å². The van der Waals surface area contributed by atoms with Gasteiger partial charge in [0.25, 0.3) is 0 Å². The highest BCUT2D eigenvalue weighted by molar-refractivity contribution is 4.79. The molecule has 12 heavy (non-hydrogen) atoms. The second kappa shape index (κ2) is 3.78. The average molecular weight is 168 g/mol. The Morgan fingerprint density at radius 3 is 2.17 bits per heavy atom. The zero-order valence-electron chi connectivity index (χ0n) is 7.84. The topological polar surface area (TPSA) is 20.2 Å². The quantitative estimate of drug-likeness (QED) is 0.687. The van der Waals surface area contributed by atoms with Gasteiger partial charge in [-0.15, -0.1) is 0 Å². The van der Waals surface area contributed by atoms with E-state index < -0.39 is 0 Å². The second-order valence-electron chi connectivity index (χ2n) is 4.63. The number of hydrogen-bond acceptors (Lipinski definition) is 1. The van der Waals surface area contributed by atoms with Crippen molar-refractivity contribution in [2.24, 2.45) is 11.8 Å². The lowest BCUT2D eigenvalue weighted by molar-refractivity contribution is 0.119. The number of aliphatic hydroxyl groups is 1. The first-order chi connectivity index (χ1) is 5.86. The molecule has 0 aromatic heterocycles. The Balaban J connectivity index is 1.64. The minimum Gasteiger partial charge on any atom is -0.393 e. The SMILES string of the molecule is OC1CCCC1CCC1CCC1. The van der Waals surface area contributed by atoms with Gasteiger partial charge in [0.1, 0.15) is 0 Å². The molecule has 2 unspecified atom stereocenters. The molecule has 0 aliphatic heterocycles. The van der Waals surface area contributed by atoms with Crippen LogP contribution in [0.4, 0.5) is 0 Å². The van der Waals surface area contributed by atoms with E-state index in [4.69, 9.17) is 0 Å². The van der Waals surface area contributed by atoms with Crippen LogP contribution in [0.5, 0.6) is 0 Å². The first kappa shape index (κ1) is 8.55. The van der Waals surface area contributed by atoms with Crippen LogP contribution in [0.25, 0.3) is 0 Å². The van der Waals surface area contributed by atoms with E-state index in [1.165, 1.54) is 44.9 Å². The van der Waals surface area contributed by atoms with Gasteiger partial charge in [0.05, 0.1) is 6.10 Å². The molecule has 0 amide bonds. The van der Waals surface area contributed by atoms with E-state index in [9.17, 15) is 5.11 Å². The average Bonchev–Trinajstić information content (AvgIpc) is 2.33. The standard InChI is InChI=1S/C11H20O/c12-11-6-2-5-10(11)8-7-9-3-1-4-9/h9-12H,1-8H2. The molecule has 1 N–H and O–H groups in total. The van der Waals surface area contributed by atoms with Gasteiger partial charge in [0, 0.05) is 0 Å². The van der Waals surface area contributed by atoms with Crippen LogP contribution in [-0.4, -0.2) is 11.2 Å². The Kier molecular flexibility index (Phi) is 2.69. The minimum absolute atomic E-state index is 0.0464. The molecule has 0 spiro atoms. The Morgan fingerprint density at radius 1 is 0.917 bits per heavy atom. The maximum atomic E-state index is 9.59. The molecule has 70 valence electrons. The summed E-state index contributed by atoms with van der Waals surface area (Å²) in [6.07, 6.45) is 10.7. The summed E-state index contributed by atoms with van der Waals surface area (Å²) in [7, 11) is 0. The van der Waals surface area contributed by atoms with Gasteiger partial charge < -0.3 is 5.11 Å². The van der Waals surface area contributed by atoms with E-state index in [0.29, 0.717) is 5.92 Å². The van der Waals surface area contributed by atoms with Crippen LogP contribution in [0.2, 0.25) is 0 Å². The monoisotopic (exact) mass is 168 g/mol. The predicted octanol–water partition coefficient (Wildman–Crippen LogP) is 2.73. The van der Waals surface area contributed by atoms with Crippen LogP contribution in [0.15, 0.2) is 0 Å². The van der Waals surface area contributed by atoms with E-state index >= 15 is 0 Å².